The lowest BCUT2D eigenvalue weighted by Gasteiger charge is -2.23. The third-order valence-corrected chi connectivity index (χ3v) is 6.15. The summed E-state index contributed by atoms with van der Waals surface area (Å²) in [5.41, 5.74) is 1.10. The number of carbonyl (C=O) groups excluding carboxylic acids is 2. The summed E-state index contributed by atoms with van der Waals surface area (Å²) in [5, 5.41) is 2.71. The molecular weight excluding hydrogens is 430 g/mol. The fourth-order valence-electron chi connectivity index (χ4n) is 3.55. The molecule has 1 N–H and O–H groups in total. The molecule has 0 radical (unpaired) electrons. The average molecular weight is 460 g/mol. The normalized spacial score (nSPS) is 13.8. The number of carbonyl (C=O) groups is 2. The Morgan fingerprint density at radius 3 is 2.28 bits per heavy atom. The monoisotopic (exact) mass is 459 g/mol. The molecule has 0 unspecified atom stereocenters. The summed E-state index contributed by atoms with van der Waals surface area (Å²) in [5.74, 6) is -0.0743. The Morgan fingerprint density at radius 1 is 1.06 bits per heavy atom. The van der Waals surface area contributed by atoms with Gasteiger partial charge in [0.2, 0.25) is 15.9 Å². The molecule has 1 fully saturated rings. The first-order valence-corrected chi connectivity index (χ1v) is 12.4. The van der Waals surface area contributed by atoms with Gasteiger partial charge >= 0.3 is 0 Å². The van der Waals surface area contributed by atoms with Crippen molar-refractivity contribution in [3.05, 3.63) is 54.1 Å². The largest absolute Gasteiger partial charge is 0.491 e. The number of likely N-dealkylation sites (tertiary alicyclic amines) is 1. The molecule has 1 aliphatic rings. The Balaban J connectivity index is 1.76. The third kappa shape index (κ3) is 6.00. The summed E-state index contributed by atoms with van der Waals surface area (Å²) in [6.45, 7) is 4.76. The molecule has 32 heavy (non-hydrogen) atoms. The fourth-order valence-corrected chi connectivity index (χ4v) is 4.41. The van der Waals surface area contributed by atoms with E-state index in [1.165, 1.54) is 0 Å². The lowest BCUT2D eigenvalue weighted by atomic mass is 10.1. The van der Waals surface area contributed by atoms with Gasteiger partial charge in [-0.1, -0.05) is 12.1 Å². The van der Waals surface area contributed by atoms with Crippen molar-refractivity contribution in [1.82, 2.24) is 4.90 Å². The van der Waals surface area contributed by atoms with Gasteiger partial charge < -0.3 is 15.0 Å². The van der Waals surface area contributed by atoms with Gasteiger partial charge in [-0.3, -0.25) is 13.9 Å². The van der Waals surface area contributed by atoms with Crippen LogP contribution in [0.15, 0.2) is 48.5 Å². The van der Waals surface area contributed by atoms with Crippen LogP contribution in [0.4, 0.5) is 11.4 Å². The standard InChI is InChI=1S/C23H29N3O5S/c1-17(2)31-19-12-10-18(11-13-19)26(32(3,29)30)16-22(27)24-21-9-5-4-8-20(21)23(28)25-14-6-7-15-25/h4-5,8-13,17H,6-7,14-16H2,1-3H3,(H,24,27). The Kier molecular flexibility index (Phi) is 7.40. The smallest absolute Gasteiger partial charge is 0.255 e. The summed E-state index contributed by atoms with van der Waals surface area (Å²) >= 11 is 0. The number of amides is 2. The van der Waals surface area contributed by atoms with Gasteiger partial charge in [0, 0.05) is 13.1 Å². The van der Waals surface area contributed by atoms with Crippen LogP contribution in [0.25, 0.3) is 0 Å². The highest BCUT2D eigenvalue weighted by molar-refractivity contribution is 7.92. The first-order chi connectivity index (χ1) is 15.1. The maximum atomic E-state index is 12.8. The van der Waals surface area contributed by atoms with Gasteiger partial charge in [-0.25, -0.2) is 8.42 Å². The molecule has 3 rings (SSSR count). The van der Waals surface area contributed by atoms with Crippen molar-refractivity contribution >= 4 is 33.2 Å². The average Bonchev–Trinajstić information content (AvgIpc) is 3.26. The maximum Gasteiger partial charge on any atom is 0.255 e. The number of nitrogens with one attached hydrogen (secondary N) is 1. The number of hydrogen-bond acceptors (Lipinski definition) is 5. The van der Waals surface area contributed by atoms with E-state index in [4.69, 9.17) is 4.74 Å². The first kappa shape index (κ1) is 23.6. The van der Waals surface area contributed by atoms with Crippen molar-refractivity contribution in [1.29, 1.82) is 0 Å². The van der Waals surface area contributed by atoms with E-state index >= 15 is 0 Å². The van der Waals surface area contributed by atoms with Crippen LogP contribution in [-0.2, 0) is 14.8 Å². The predicted octanol–water partition coefficient (Wildman–Crippen LogP) is 3.11. The van der Waals surface area contributed by atoms with Crippen LogP contribution >= 0.6 is 0 Å². The van der Waals surface area contributed by atoms with Gasteiger partial charge in [0.05, 0.1) is 29.3 Å². The lowest BCUT2D eigenvalue weighted by Crippen LogP contribution is -2.37. The van der Waals surface area contributed by atoms with Crippen molar-refractivity contribution in [3.8, 4) is 5.75 Å². The Morgan fingerprint density at radius 2 is 1.69 bits per heavy atom. The van der Waals surface area contributed by atoms with Crippen LogP contribution in [0.1, 0.15) is 37.0 Å². The summed E-state index contributed by atoms with van der Waals surface area (Å²) in [6, 6.07) is 13.3. The van der Waals surface area contributed by atoms with Crippen LogP contribution in [0.3, 0.4) is 0 Å². The highest BCUT2D eigenvalue weighted by Crippen LogP contribution is 2.23. The van der Waals surface area contributed by atoms with E-state index < -0.39 is 22.5 Å². The number of ether oxygens (including phenoxy) is 1. The minimum atomic E-state index is -3.72. The molecule has 8 nitrogen and oxygen atoms in total. The van der Waals surface area contributed by atoms with E-state index in [0.29, 0.717) is 35.8 Å². The van der Waals surface area contributed by atoms with E-state index in [1.807, 2.05) is 13.8 Å². The minimum absolute atomic E-state index is 0.0130. The quantitative estimate of drug-likeness (QED) is 0.654. The van der Waals surface area contributed by atoms with E-state index in [9.17, 15) is 18.0 Å². The van der Waals surface area contributed by atoms with Crippen molar-refractivity contribution in [2.24, 2.45) is 0 Å². The maximum absolute atomic E-state index is 12.8. The molecule has 2 aromatic carbocycles. The molecule has 0 bridgehead atoms. The molecule has 9 heteroatoms. The third-order valence-electron chi connectivity index (χ3n) is 5.01. The topological polar surface area (TPSA) is 96.0 Å². The van der Waals surface area contributed by atoms with Gasteiger partial charge in [0.1, 0.15) is 12.3 Å². The second kappa shape index (κ2) is 10.0. The lowest BCUT2D eigenvalue weighted by molar-refractivity contribution is -0.114. The zero-order chi connectivity index (χ0) is 23.3. The van der Waals surface area contributed by atoms with Gasteiger partial charge in [-0.05, 0) is 63.1 Å². The van der Waals surface area contributed by atoms with Crippen LogP contribution in [0.5, 0.6) is 5.75 Å². The number of para-hydroxylation sites is 1. The van der Waals surface area contributed by atoms with Crippen LogP contribution in [0, 0.1) is 0 Å². The van der Waals surface area contributed by atoms with E-state index in [1.54, 1.807) is 53.4 Å². The summed E-state index contributed by atoms with van der Waals surface area (Å²) < 4.78 is 31.4. The second-order valence-electron chi connectivity index (χ2n) is 8.02. The highest BCUT2D eigenvalue weighted by Gasteiger charge is 2.24. The SMILES string of the molecule is CC(C)Oc1ccc(N(CC(=O)Nc2ccccc2C(=O)N2CCCC2)S(C)(=O)=O)cc1. The fraction of sp³-hybridized carbons (Fsp3) is 0.391. The minimum Gasteiger partial charge on any atom is -0.491 e. The number of hydrogen-bond donors (Lipinski definition) is 1. The van der Waals surface area contributed by atoms with Crippen molar-refractivity contribution < 1.29 is 22.7 Å². The Labute approximate surface area is 189 Å². The second-order valence-corrected chi connectivity index (χ2v) is 9.93. The number of anilines is 2. The number of sulfonamides is 1. The van der Waals surface area contributed by atoms with Crippen molar-refractivity contribution in [2.75, 3.05) is 35.5 Å². The summed E-state index contributed by atoms with van der Waals surface area (Å²) in [4.78, 5) is 27.4. The Bertz CT molecular complexity index is 1060. The molecule has 0 aliphatic carbocycles. The number of benzene rings is 2. The Hall–Kier alpha value is -3.07. The van der Waals surface area contributed by atoms with Gasteiger partial charge in [0.25, 0.3) is 5.91 Å². The van der Waals surface area contributed by atoms with Crippen molar-refractivity contribution in [2.45, 2.75) is 32.8 Å². The predicted molar refractivity (Wildman–Crippen MR) is 125 cm³/mol. The molecular formula is C23H29N3O5S. The summed E-state index contributed by atoms with van der Waals surface area (Å²) in [6.07, 6.45) is 2.96. The molecule has 1 heterocycles. The van der Waals surface area contributed by atoms with Gasteiger partial charge in [-0.2, -0.15) is 0 Å². The zero-order valence-electron chi connectivity index (χ0n) is 18.6. The van der Waals surface area contributed by atoms with E-state index in [0.717, 1.165) is 23.4 Å². The van der Waals surface area contributed by atoms with Crippen LogP contribution in [-0.4, -0.2) is 57.1 Å². The molecule has 172 valence electrons. The van der Waals surface area contributed by atoms with E-state index in [2.05, 4.69) is 5.32 Å². The molecule has 0 aromatic heterocycles. The van der Waals surface area contributed by atoms with Crippen LogP contribution < -0.4 is 14.4 Å². The van der Waals surface area contributed by atoms with E-state index in [-0.39, 0.29) is 12.0 Å². The molecule has 2 aromatic rings. The first-order valence-electron chi connectivity index (χ1n) is 10.6. The molecule has 0 spiro atoms. The number of rotatable bonds is 8. The zero-order valence-corrected chi connectivity index (χ0v) is 19.4. The molecule has 1 saturated heterocycles. The van der Waals surface area contributed by atoms with Crippen molar-refractivity contribution in [3.63, 3.8) is 0 Å². The molecule has 1 aliphatic heterocycles. The number of nitrogens with zero attached hydrogens (tertiary/aromatic N) is 2. The molecule has 0 atom stereocenters. The molecule has 2 amide bonds. The van der Waals surface area contributed by atoms with Gasteiger partial charge in [-0.15, -0.1) is 0 Å². The highest BCUT2D eigenvalue weighted by atomic mass is 32.2. The summed E-state index contributed by atoms with van der Waals surface area (Å²) in [7, 11) is -3.72. The van der Waals surface area contributed by atoms with Gasteiger partial charge in [0.15, 0.2) is 0 Å². The molecule has 0 saturated carbocycles. The van der Waals surface area contributed by atoms with Crippen LogP contribution in [0.2, 0.25) is 0 Å².